The van der Waals surface area contributed by atoms with Crippen molar-refractivity contribution in [2.45, 2.75) is 13.2 Å². The Kier molecular flexibility index (Phi) is 3.78. The van der Waals surface area contributed by atoms with Crippen molar-refractivity contribution in [1.82, 2.24) is 5.48 Å². The summed E-state index contributed by atoms with van der Waals surface area (Å²) >= 11 is 0. The lowest BCUT2D eigenvalue weighted by molar-refractivity contribution is 0.0237. The van der Waals surface area contributed by atoms with Gasteiger partial charge in [0.2, 0.25) is 0 Å². The molecule has 0 saturated heterocycles. The fourth-order valence-electron chi connectivity index (χ4n) is 3.79. The average Bonchev–Trinajstić information content (AvgIpc) is 2.71. The largest absolute Gasteiger partial charge is 0.297 e. The Hall–Kier alpha value is -2.94. The van der Waals surface area contributed by atoms with Gasteiger partial charge in [-0.15, -0.1) is 0 Å². The number of hydrogen-bond acceptors (Lipinski definition) is 2. The van der Waals surface area contributed by atoms with Crippen molar-refractivity contribution in [3.8, 4) is 0 Å². The molecular formula is C24H19NO. The number of hydrogen-bond donors (Lipinski definition) is 1. The quantitative estimate of drug-likeness (QED) is 0.248. The van der Waals surface area contributed by atoms with E-state index in [4.69, 9.17) is 4.84 Å². The summed E-state index contributed by atoms with van der Waals surface area (Å²) in [5.41, 5.74) is 5.54. The minimum atomic E-state index is 0.562. The smallest absolute Gasteiger partial charge is 0.0933 e. The molecule has 5 aromatic carbocycles. The summed E-state index contributed by atoms with van der Waals surface area (Å²) in [6.45, 7) is 1.24. The van der Waals surface area contributed by atoms with Crippen LogP contribution in [-0.4, -0.2) is 0 Å². The van der Waals surface area contributed by atoms with E-state index in [1.807, 2.05) is 18.2 Å². The summed E-state index contributed by atoms with van der Waals surface area (Å²) < 4.78 is 0. The first-order valence-corrected chi connectivity index (χ1v) is 8.94. The van der Waals surface area contributed by atoms with E-state index in [9.17, 15) is 0 Å². The topological polar surface area (TPSA) is 21.3 Å². The van der Waals surface area contributed by atoms with Crippen LogP contribution in [0.15, 0.2) is 84.9 Å². The van der Waals surface area contributed by atoms with Gasteiger partial charge in [0, 0.05) is 6.54 Å². The van der Waals surface area contributed by atoms with Crippen LogP contribution in [0.25, 0.3) is 32.3 Å². The lowest BCUT2D eigenvalue weighted by atomic mass is 9.92. The molecule has 0 amide bonds. The zero-order valence-corrected chi connectivity index (χ0v) is 14.4. The van der Waals surface area contributed by atoms with Gasteiger partial charge in [0.25, 0.3) is 0 Å². The van der Waals surface area contributed by atoms with Gasteiger partial charge in [0.15, 0.2) is 0 Å². The highest BCUT2D eigenvalue weighted by molar-refractivity contribution is 6.23. The summed E-state index contributed by atoms with van der Waals surface area (Å²) in [5.74, 6) is 0. The molecule has 0 aliphatic heterocycles. The van der Waals surface area contributed by atoms with Crippen LogP contribution in [0.5, 0.6) is 0 Å². The molecule has 0 heterocycles. The van der Waals surface area contributed by atoms with Gasteiger partial charge in [-0.05, 0) is 43.4 Å². The molecule has 1 N–H and O–H groups in total. The first kappa shape index (κ1) is 15.3. The summed E-state index contributed by atoms with van der Waals surface area (Å²) in [6, 6.07) is 30.0. The lowest BCUT2D eigenvalue weighted by Gasteiger charge is -2.14. The Balaban J connectivity index is 1.46. The fraction of sp³-hybridized carbons (Fsp3) is 0.0833. The van der Waals surface area contributed by atoms with Crippen LogP contribution in [0.4, 0.5) is 0 Å². The zero-order valence-electron chi connectivity index (χ0n) is 14.4. The van der Waals surface area contributed by atoms with E-state index >= 15 is 0 Å². The number of rotatable bonds is 5. The Morgan fingerprint density at radius 3 is 2.12 bits per heavy atom. The molecule has 0 atom stereocenters. The van der Waals surface area contributed by atoms with Crippen molar-refractivity contribution >= 4 is 32.3 Å². The van der Waals surface area contributed by atoms with E-state index in [1.54, 1.807) is 0 Å². The van der Waals surface area contributed by atoms with E-state index < -0.39 is 0 Å². The molecule has 0 radical (unpaired) electrons. The van der Waals surface area contributed by atoms with Crippen LogP contribution >= 0.6 is 0 Å². The average molecular weight is 337 g/mol. The van der Waals surface area contributed by atoms with Crippen LogP contribution < -0.4 is 5.48 Å². The monoisotopic (exact) mass is 337 g/mol. The summed E-state index contributed by atoms with van der Waals surface area (Å²) in [7, 11) is 0. The van der Waals surface area contributed by atoms with E-state index in [2.05, 4.69) is 72.2 Å². The summed E-state index contributed by atoms with van der Waals surface area (Å²) in [6.07, 6.45) is 0. The fourth-order valence-corrected chi connectivity index (χ4v) is 3.79. The number of hydroxylamine groups is 1. The first-order valence-electron chi connectivity index (χ1n) is 8.94. The maximum absolute atomic E-state index is 5.66. The number of benzene rings is 5. The summed E-state index contributed by atoms with van der Waals surface area (Å²) in [4.78, 5) is 5.66. The highest BCUT2D eigenvalue weighted by Crippen LogP contribution is 2.35. The Morgan fingerprint density at radius 1 is 0.615 bits per heavy atom. The molecule has 0 bridgehead atoms. The minimum absolute atomic E-state index is 0.562. The second-order valence-corrected chi connectivity index (χ2v) is 6.68. The zero-order chi connectivity index (χ0) is 17.3. The van der Waals surface area contributed by atoms with Crippen molar-refractivity contribution in [1.29, 1.82) is 0 Å². The predicted octanol–water partition coefficient (Wildman–Crippen LogP) is 5.81. The van der Waals surface area contributed by atoms with Gasteiger partial charge in [0.1, 0.15) is 0 Å². The van der Waals surface area contributed by atoms with Crippen molar-refractivity contribution in [2.24, 2.45) is 0 Å². The van der Waals surface area contributed by atoms with Crippen LogP contribution in [0.3, 0.4) is 0 Å². The maximum atomic E-state index is 5.66. The standard InChI is InChI=1S/C24H19NO/c1-2-5-17(6-3-1)16-26-25-15-21-12-11-20-10-9-18-7-4-8-19-13-14-22(21)24(20)23(18)19/h1-14,25H,15-16H2. The van der Waals surface area contributed by atoms with Crippen LogP contribution in [-0.2, 0) is 18.0 Å². The third-order valence-electron chi connectivity index (χ3n) is 5.07. The molecule has 0 aliphatic rings. The molecule has 0 unspecified atom stereocenters. The molecule has 0 saturated carbocycles. The van der Waals surface area contributed by atoms with E-state index in [0.717, 1.165) is 5.56 Å². The molecule has 2 heteroatoms. The van der Waals surface area contributed by atoms with E-state index in [-0.39, 0.29) is 0 Å². The highest BCUT2D eigenvalue weighted by Gasteiger charge is 2.10. The predicted molar refractivity (Wildman–Crippen MR) is 108 cm³/mol. The number of nitrogens with one attached hydrogen (secondary N) is 1. The van der Waals surface area contributed by atoms with Crippen LogP contribution in [0, 0.1) is 0 Å². The maximum Gasteiger partial charge on any atom is 0.0933 e. The SMILES string of the molecule is c1ccc(CONCc2ccc3ccc4cccc5ccc2c3c45)cc1. The molecule has 5 aromatic rings. The van der Waals surface area contributed by atoms with Gasteiger partial charge in [-0.25, -0.2) is 0 Å². The molecule has 26 heavy (non-hydrogen) atoms. The Morgan fingerprint density at radius 2 is 1.31 bits per heavy atom. The van der Waals surface area contributed by atoms with E-state index in [0.29, 0.717) is 13.2 Å². The summed E-state index contributed by atoms with van der Waals surface area (Å²) in [5, 5.41) is 7.88. The van der Waals surface area contributed by atoms with Gasteiger partial charge >= 0.3 is 0 Å². The second kappa shape index (κ2) is 6.41. The normalized spacial score (nSPS) is 11.7. The lowest BCUT2D eigenvalue weighted by Crippen LogP contribution is -2.14. The first-order chi connectivity index (χ1) is 12.9. The van der Waals surface area contributed by atoms with E-state index in [1.165, 1.54) is 37.9 Å². The molecule has 0 spiro atoms. The van der Waals surface area contributed by atoms with Crippen molar-refractivity contribution in [3.63, 3.8) is 0 Å². The molecule has 0 aromatic heterocycles. The molecule has 0 fully saturated rings. The van der Waals surface area contributed by atoms with Crippen molar-refractivity contribution in [3.05, 3.63) is 96.1 Å². The van der Waals surface area contributed by atoms with Gasteiger partial charge < -0.3 is 0 Å². The minimum Gasteiger partial charge on any atom is -0.297 e. The molecule has 126 valence electrons. The van der Waals surface area contributed by atoms with Crippen LogP contribution in [0.2, 0.25) is 0 Å². The van der Waals surface area contributed by atoms with Gasteiger partial charge in [-0.3, -0.25) is 4.84 Å². The van der Waals surface area contributed by atoms with Gasteiger partial charge in [0.05, 0.1) is 6.61 Å². The molecule has 0 aliphatic carbocycles. The van der Waals surface area contributed by atoms with Gasteiger partial charge in [-0.2, -0.15) is 5.48 Å². The Bertz CT molecular complexity index is 1160. The third-order valence-corrected chi connectivity index (χ3v) is 5.07. The highest BCUT2D eigenvalue weighted by atomic mass is 16.6. The van der Waals surface area contributed by atoms with Gasteiger partial charge in [-0.1, -0.05) is 84.9 Å². The van der Waals surface area contributed by atoms with Crippen molar-refractivity contribution < 1.29 is 4.84 Å². The molecule has 5 rings (SSSR count). The molecule has 2 nitrogen and oxygen atoms in total. The van der Waals surface area contributed by atoms with Crippen molar-refractivity contribution in [2.75, 3.05) is 0 Å². The Labute approximate surface area is 152 Å². The second-order valence-electron chi connectivity index (χ2n) is 6.68. The molecular weight excluding hydrogens is 318 g/mol. The third kappa shape index (κ3) is 2.60. The van der Waals surface area contributed by atoms with Crippen LogP contribution in [0.1, 0.15) is 11.1 Å².